The first-order valence-electron chi connectivity index (χ1n) is 9.33. The Hall–Kier alpha value is -4.64. The maximum absolute atomic E-state index is 8.94. The molecule has 0 aliphatic rings. The molecule has 0 saturated carbocycles. The third kappa shape index (κ3) is 4.86. The van der Waals surface area contributed by atoms with E-state index in [9.17, 15) is 0 Å². The Labute approximate surface area is 179 Å². The normalized spacial score (nSPS) is 10.2. The zero-order valence-electron chi connectivity index (χ0n) is 16.6. The van der Waals surface area contributed by atoms with Crippen molar-refractivity contribution < 1.29 is 9.47 Å². The van der Waals surface area contributed by atoms with Crippen LogP contribution in [0.5, 0.6) is 17.2 Å². The van der Waals surface area contributed by atoms with Gasteiger partial charge in [0, 0.05) is 29.6 Å². The molecule has 31 heavy (non-hydrogen) atoms. The fourth-order valence-electron chi connectivity index (χ4n) is 2.83. The number of hydrogen-bond donors (Lipinski definition) is 2. The number of nitrogens with zero attached hydrogens (tertiary/aromatic N) is 4. The molecule has 2 aromatic carbocycles. The van der Waals surface area contributed by atoms with E-state index in [0.29, 0.717) is 34.7 Å². The number of pyridine rings is 1. The molecule has 0 spiro atoms. The smallest absolute Gasteiger partial charge is 0.163 e. The van der Waals surface area contributed by atoms with E-state index in [2.05, 4.69) is 20.3 Å². The lowest BCUT2D eigenvalue weighted by Crippen LogP contribution is -2.01. The first kappa shape index (κ1) is 19.7. The predicted octanol–water partition coefficient (Wildman–Crippen LogP) is 4.54. The number of nitrogen functional groups attached to an aromatic ring is 1. The summed E-state index contributed by atoms with van der Waals surface area (Å²) in [5, 5.41) is 12.2. The molecule has 152 valence electrons. The van der Waals surface area contributed by atoms with Crippen LogP contribution in [-0.2, 0) is 0 Å². The van der Waals surface area contributed by atoms with Gasteiger partial charge in [-0.1, -0.05) is 0 Å². The van der Waals surface area contributed by atoms with Gasteiger partial charge in [-0.3, -0.25) is 0 Å². The summed E-state index contributed by atoms with van der Waals surface area (Å²) in [5.74, 6) is 3.36. The van der Waals surface area contributed by atoms with E-state index >= 15 is 0 Å². The molecule has 0 atom stereocenters. The summed E-state index contributed by atoms with van der Waals surface area (Å²) in [6.45, 7) is 0. The fourth-order valence-corrected chi connectivity index (χ4v) is 2.83. The van der Waals surface area contributed by atoms with Crippen molar-refractivity contribution in [1.29, 1.82) is 5.26 Å². The zero-order valence-corrected chi connectivity index (χ0v) is 16.6. The van der Waals surface area contributed by atoms with Gasteiger partial charge < -0.3 is 20.5 Å². The first-order chi connectivity index (χ1) is 15.1. The molecule has 8 heteroatoms. The van der Waals surface area contributed by atoms with Crippen LogP contribution in [0.3, 0.4) is 0 Å². The number of methoxy groups -OCH3 is 1. The van der Waals surface area contributed by atoms with Gasteiger partial charge in [0.1, 0.15) is 40.6 Å². The molecule has 3 N–H and O–H groups in total. The average molecular weight is 410 g/mol. The molecule has 0 bridgehead atoms. The molecular formula is C23H18N6O2. The van der Waals surface area contributed by atoms with Crippen LogP contribution in [0.2, 0.25) is 0 Å². The van der Waals surface area contributed by atoms with Crippen LogP contribution >= 0.6 is 0 Å². The first-order valence-corrected chi connectivity index (χ1v) is 9.33. The van der Waals surface area contributed by atoms with Crippen LogP contribution < -0.4 is 20.5 Å². The van der Waals surface area contributed by atoms with Crippen molar-refractivity contribution in [3.05, 3.63) is 78.6 Å². The van der Waals surface area contributed by atoms with Gasteiger partial charge in [0.15, 0.2) is 5.82 Å². The highest BCUT2D eigenvalue weighted by Crippen LogP contribution is 2.26. The van der Waals surface area contributed by atoms with E-state index in [1.807, 2.05) is 54.6 Å². The van der Waals surface area contributed by atoms with Crippen LogP contribution in [0.1, 0.15) is 5.69 Å². The van der Waals surface area contributed by atoms with Gasteiger partial charge in [0.05, 0.1) is 7.11 Å². The van der Waals surface area contributed by atoms with E-state index in [1.54, 1.807) is 25.3 Å². The number of anilines is 3. The topological polar surface area (TPSA) is 119 Å². The molecule has 0 aliphatic carbocycles. The van der Waals surface area contributed by atoms with Gasteiger partial charge in [0.2, 0.25) is 0 Å². The number of ether oxygens (including phenoxy) is 2. The number of nitrogens with one attached hydrogen (secondary N) is 1. The van der Waals surface area contributed by atoms with Crippen molar-refractivity contribution in [2.45, 2.75) is 0 Å². The number of nitriles is 1. The maximum atomic E-state index is 8.94. The second-order valence-corrected chi connectivity index (χ2v) is 6.47. The molecule has 0 saturated heterocycles. The Kier molecular flexibility index (Phi) is 5.58. The summed E-state index contributed by atoms with van der Waals surface area (Å²) < 4.78 is 11.0. The monoisotopic (exact) mass is 410 g/mol. The molecule has 0 unspecified atom stereocenters. The van der Waals surface area contributed by atoms with Gasteiger partial charge in [0.25, 0.3) is 0 Å². The zero-order chi connectivity index (χ0) is 21.6. The molecule has 0 fully saturated rings. The van der Waals surface area contributed by atoms with Crippen LogP contribution in [0, 0.1) is 11.3 Å². The fraction of sp³-hybridized carbons (Fsp3) is 0.0435. The van der Waals surface area contributed by atoms with Crippen molar-refractivity contribution in [3.63, 3.8) is 0 Å². The summed E-state index contributed by atoms with van der Waals surface area (Å²) in [6, 6.07) is 21.7. The predicted molar refractivity (Wildman–Crippen MR) is 117 cm³/mol. The molecule has 4 aromatic rings. The second kappa shape index (κ2) is 8.80. The Balaban J connectivity index is 1.50. The summed E-state index contributed by atoms with van der Waals surface area (Å²) in [7, 11) is 1.62. The molecule has 4 rings (SSSR count). The third-order valence-electron chi connectivity index (χ3n) is 4.30. The number of hydrogen-bond acceptors (Lipinski definition) is 8. The van der Waals surface area contributed by atoms with Crippen molar-refractivity contribution >= 4 is 17.3 Å². The minimum absolute atomic E-state index is 0.296. The van der Waals surface area contributed by atoms with Crippen LogP contribution in [-0.4, -0.2) is 22.1 Å². The second-order valence-electron chi connectivity index (χ2n) is 6.47. The Morgan fingerprint density at radius 3 is 2.35 bits per heavy atom. The Morgan fingerprint density at radius 2 is 1.65 bits per heavy atom. The van der Waals surface area contributed by atoms with Crippen LogP contribution in [0.25, 0.3) is 11.4 Å². The lowest BCUT2D eigenvalue weighted by molar-refractivity contribution is 0.415. The average Bonchev–Trinajstić information content (AvgIpc) is 2.80. The van der Waals surface area contributed by atoms with Crippen molar-refractivity contribution in [1.82, 2.24) is 15.0 Å². The van der Waals surface area contributed by atoms with E-state index < -0.39 is 0 Å². The quantitative estimate of drug-likeness (QED) is 0.476. The number of rotatable bonds is 6. The van der Waals surface area contributed by atoms with E-state index in [4.69, 9.17) is 20.5 Å². The number of benzene rings is 2. The minimum atomic E-state index is 0.296. The van der Waals surface area contributed by atoms with Crippen molar-refractivity contribution in [3.8, 4) is 34.7 Å². The lowest BCUT2D eigenvalue weighted by Gasteiger charge is -2.10. The summed E-state index contributed by atoms with van der Waals surface area (Å²) in [6.07, 6.45) is 1.53. The molecule has 8 nitrogen and oxygen atoms in total. The highest BCUT2D eigenvalue weighted by molar-refractivity contribution is 5.65. The van der Waals surface area contributed by atoms with Crippen LogP contribution in [0.4, 0.5) is 17.3 Å². The standard InChI is InChI=1S/C23H18N6O2/c1-30-18-6-2-15(3-7-18)23-28-21(25)13-22(29-23)27-16-4-8-19(9-5-16)31-20-10-11-26-17(12-20)14-24/h2-13H,1H3,(H3,25,27,28,29). The van der Waals surface area contributed by atoms with Gasteiger partial charge in [-0.2, -0.15) is 5.26 Å². The van der Waals surface area contributed by atoms with Crippen molar-refractivity contribution in [2.24, 2.45) is 0 Å². The number of aromatic nitrogens is 3. The molecular weight excluding hydrogens is 392 g/mol. The highest BCUT2D eigenvalue weighted by atomic mass is 16.5. The highest BCUT2D eigenvalue weighted by Gasteiger charge is 2.07. The maximum Gasteiger partial charge on any atom is 0.163 e. The molecule has 0 amide bonds. The van der Waals surface area contributed by atoms with E-state index in [-0.39, 0.29) is 0 Å². The van der Waals surface area contributed by atoms with Gasteiger partial charge in [-0.25, -0.2) is 15.0 Å². The van der Waals surface area contributed by atoms with Gasteiger partial charge >= 0.3 is 0 Å². The Morgan fingerprint density at radius 1 is 0.903 bits per heavy atom. The van der Waals surface area contributed by atoms with E-state index in [1.165, 1.54) is 6.20 Å². The molecule has 0 radical (unpaired) electrons. The van der Waals surface area contributed by atoms with E-state index in [0.717, 1.165) is 17.0 Å². The number of nitrogens with two attached hydrogens (primary N) is 1. The summed E-state index contributed by atoms with van der Waals surface area (Å²) in [5.41, 5.74) is 7.90. The van der Waals surface area contributed by atoms with Crippen LogP contribution in [0.15, 0.2) is 72.9 Å². The minimum Gasteiger partial charge on any atom is -0.497 e. The lowest BCUT2D eigenvalue weighted by atomic mass is 10.2. The molecule has 2 aromatic heterocycles. The third-order valence-corrected chi connectivity index (χ3v) is 4.30. The Bertz CT molecular complexity index is 1230. The molecule has 2 heterocycles. The van der Waals surface area contributed by atoms with Gasteiger partial charge in [-0.05, 0) is 54.6 Å². The summed E-state index contributed by atoms with van der Waals surface area (Å²) in [4.78, 5) is 12.8. The van der Waals surface area contributed by atoms with Crippen molar-refractivity contribution in [2.75, 3.05) is 18.2 Å². The SMILES string of the molecule is COc1ccc(-c2nc(N)cc(Nc3ccc(Oc4ccnc(C#N)c4)cc3)n2)cc1. The van der Waals surface area contributed by atoms with Gasteiger partial charge in [-0.15, -0.1) is 0 Å². The largest absolute Gasteiger partial charge is 0.497 e. The molecule has 0 aliphatic heterocycles. The summed E-state index contributed by atoms with van der Waals surface area (Å²) >= 11 is 0.